The standard InChI is InChI=1S/C21H45N5O4/c1-20(2)26(15-9-22-7-13-24(3)11-5-18-27)16-10-23-8-14-25(17-19-30-4)12-6-21(28)29/h18,20,22-23H,5-17,19H2,1-4H3,(H,28,29). The molecule has 0 aromatic carbocycles. The van der Waals surface area contributed by atoms with Crippen LogP contribution in [0.25, 0.3) is 0 Å². The first kappa shape index (κ1) is 28.9. The molecule has 0 unspecified atom stereocenters. The van der Waals surface area contributed by atoms with E-state index in [4.69, 9.17) is 9.84 Å². The van der Waals surface area contributed by atoms with Crippen molar-refractivity contribution in [2.45, 2.75) is 32.7 Å². The fraction of sp³-hybridized carbons (Fsp3) is 0.905. The van der Waals surface area contributed by atoms with E-state index in [1.807, 2.05) is 7.05 Å². The van der Waals surface area contributed by atoms with Crippen molar-refractivity contribution in [2.24, 2.45) is 0 Å². The molecule has 9 heteroatoms. The van der Waals surface area contributed by atoms with E-state index in [-0.39, 0.29) is 6.42 Å². The zero-order valence-electron chi connectivity index (χ0n) is 19.6. The number of carboxylic acid groups (broad SMARTS) is 1. The van der Waals surface area contributed by atoms with Crippen LogP contribution in [0.3, 0.4) is 0 Å². The molecule has 0 aromatic rings. The maximum atomic E-state index is 10.8. The zero-order valence-corrected chi connectivity index (χ0v) is 19.6. The summed E-state index contributed by atoms with van der Waals surface area (Å²) in [6.07, 6.45) is 1.71. The molecule has 0 heterocycles. The van der Waals surface area contributed by atoms with Gasteiger partial charge in [0.15, 0.2) is 0 Å². The Labute approximate surface area is 183 Å². The molecule has 0 rings (SSSR count). The highest BCUT2D eigenvalue weighted by Crippen LogP contribution is 1.96. The monoisotopic (exact) mass is 431 g/mol. The highest BCUT2D eigenvalue weighted by atomic mass is 16.5. The van der Waals surface area contributed by atoms with Gasteiger partial charge in [-0.2, -0.15) is 0 Å². The average Bonchev–Trinajstić information content (AvgIpc) is 2.71. The third-order valence-electron chi connectivity index (χ3n) is 5.04. The molecule has 0 bridgehead atoms. The maximum absolute atomic E-state index is 10.8. The van der Waals surface area contributed by atoms with E-state index in [2.05, 4.69) is 39.2 Å². The number of rotatable bonds is 22. The minimum absolute atomic E-state index is 0.157. The molecule has 0 spiro atoms. The lowest BCUT2D eigenvalue weighted by molar-refractivity contribution is -0.137. The second-order valence-electron chi connectivity index (χ2n) is 7.87. The summed E-state index contributed by atoms with van der Waals surface area (Å²) in [7, 11) is 3.70. The largest absolute Gasteiger partial charge is 0.481 e. The summed E-state index contributed by atoms with van der Waals surface area (Å²) in [5.41, 5.74) is 0. The number of aliphatic carboxylic acids is 1. The molecule has 0 aliphatic heterocycles. The number of carbonyl (C=O) groups excluding carboxylic acids is 1. The van der Waals surface area contributed by atoms with Crippen molar-refractivity contribution in [3.8, 4) is 0 Å². The van der Waals surface area contributed by atoms with Crippen molar-refractivity contribution in [2.75, 3.05) is 92.8 Å². The molecule has 178 valence electrons. The molecule has 3 N–H and O–H groups in total. The van der Waals surface area contributed by atoms with Crippen LogP contribution in [-0.4, -0.2) is 131 Å². The van der Waals surface area contributed by atoms with Crippen LogP contribution in [0.2, 0.25) is 0 Å². The van der Waals surface area contributed by atoms with Crippen LogP contribution in [0, 0.1) is 0 Å². The summed E-state index contributed by atoms with van der Waals surface area (Å²) in [5.74, 6) is -0.765. The number of nitrogens with one attached hydrogen (secondary N) is 2. The maximum Gasteiger partial charge on any atom is 0.304 e. The van der Waals surface area contributed by atoms with Gasteiger partial charge in [-0.15, -0.1) is 0 Å². The second-order valence-corrected chi connectivity index (χ2v) is 7.87. The fourth-order valence-corrected chi connectivity index (χ4v) is 3.03. The summed E-state index contributed by atoms with van der Waals surface area (Å²) in [6.45, 7) is 14.5. The van der Waals surface area contributed by atoms with Crippen LogP contribution in [0.5, 0.6) is 0 Å². The van der Waals surface area contributed by atoms with Gasteiger partial charge in [0, 0.05) is 91.6 Å². The van der Waals surface area contributed by atoms with Crippen LogP contribution in [0.15, 0.2) is 0 Å². The van der Waals surface area contributed by atoms with Crippen molar-refractivity contribution >= 4 is 12.3 Å². The Kier molecular flexibility index (Phi) is 19.1. The molecule has 0 aliphatic carbocycles. The Bertz CT molecular complexity index is 426. The van der Waals surface area contributed by atoms with Crippen molar-refractivity contribution in [1.29, 1.82) is 0 Å². The quantitative estimate of drug-likeness (QED) is 0.159. The lowest BCUT2D eigenvalue weighted by atomic mass is 10.3. The number of methoxy groups -OCH3 is 1. The molecule has 0 radical (unpaired) electrons. The van der Waals surface area contributed by atoms with Crippen LogP contribution < -0.4 is 10.6 Å². The van der Waals surface area contributed by atoms with Gasteiger partial charge < -0.3 is 30.2 Å². The van der Waals surface area contributed by atoms with Crippen molar-refractivity contribution in [3.05, 3.63) is 0 Å². The first-order valence-corrected chi connectivity index (χ1v) is 11.1. The number of carbonyl (C=O) groups is 2. The van der Waals surface area contributed by atoms with Crippen molar-refractivity contribution in [1.82, 2.24) is 25.3 Å². The number of hydrogen-bond acceptors (Lipinski definition) is 8. The second kappa shape index (κ2) is 19.8. The summed E-state index contributed by atoms with van der Waals surface area (Å²) >= 11 is 0. The molecule has 0 atom stereocenters. The predicted molar refractivity (Wildman–Crippen MR) is 121 cm³/mol. The topological polar surface area (TPSA) is 97.4 Å². The number of aldehydes is 1. The molecule has 0 saturated carbocycles. The fourth-order valence-electron chi connectivity index (χ4n) is 3.03. The summed E-state index contributed by atoms with van der Waals surface area (Å²) < 4.78 is 5.11. The Hall–Kier alpha value is -1.10. The molecule has 9 nitrogen and oxygen atoms in total. The summed E-state index contributed by atoms with van der Waals surface area (Å²) in [6, 6.07) is 0.484. The van der Waals surface area contributed by atoms with Crippen LogP contribution in [0.1, 0.15) is 26.7 Å². The third kappa shape index (κ3) is 17.7. The molecule has 0 saturated heterocycles. The Morgan fingerprint density at radius 1 is 0.967 bits per heavy atom. The van der Waals surface area contributed by atoms with E-state index in [1.54, 1.807) is 7.11 Å². The molecule has 30 heavy (non-hydrogen) atoms. The SMILES string of the molecule is COCCN(CCNCCN(CCNCCN(C)CCC=O)C(C)C)CCC(=O)O. The summed E-state index contributed by atoms with van der Waals surface area (Å²) in [5, 5.41) is 15.8. The molecule has 0 fully saturated rings. The number of hydrogen-bond donors (Lipinski definition) is 3. The van der Waals surface area contributed by atoms with E-state index in [0.29, 0.717) is 25.6 Å². The van der Waals surface area contributed by atoms with Gasteiger partial charge >= 0.3 is 5.97 Å². The molecule has 0 aromatic heterocycles. The van der Waals surface area contributed by atoms with E-state index in [0.717, 1.165) is 71.7 Å². The number of likely N-dealkylation sites (N-methyl/N-ethyl adjacent to an activating group) is 1. The molecular formula is C21H45N5O4. The lowest BCUT2D eigenvalue weighted by Crippen LogP contribution is -2.43. The van der Waals surface area contributed by atoms with E-state index < -0.39 is 5.97 Å². The predicted octanol–water partition coefficient (Wildman–Crippen LogP) is -0.180. The average molecular weight is 432 g/mol. The Balaban J connectivity index is 3.95. The minimum atomic E-state index is -0.765. The van der Waals surface area contributed by atoms with Crippen molar-refractivity contribution in [3.63, 3.8) is 0 Å². The third-order valence-corrected chi connectivity index (χ3v) is 5.04. The van der Waals surface area contributed by atoms with E-state index >= 15 is 0 Å². The van der Waals surface area contributed by atoms with Gasteiger partial charge in [-0.05, 0) is 20.9 Å². The molecule has 0 aliphatic rings. The zero-order chi connectivity index (χ0) is 22.6. The molecular weight excluding hydrogens is 386 g/mol. The highest BCUT2D eigenvalue weighted by Gasteiger charge is 2.10. The smallest absolute Gasteiger partial charge is 0.304 e. The van der Waals surface area contributed by atoms with Crippen LogP contribution in [0.4, 0.5) is 0 Å². The number of ether oxygens (including phenoxy) is 1. The van der Waals surface area contributed by atoms with Gasteiger partial charge in [0.2, 0.25) is 0 Å². The van der Waals surface area contributed by atoms with Crippen molar-refractivity contribution < 1.29 is 19.4 Å². The van der Waals surface area contributed by atoms with Gasteiger partial charge in [-0.1, -0.05) is 0 Å². The van der Waals surface area contributed by atoms with Crippen LogP contribution >= 0.6 is 0 Å². The first-order valence-electron chi connectivity index (χ1n) is 11.1. The van der Waals surface area contributed by atoms with Gasteiger partial charge in [-0.25, -0.2) is 0 Å². The number of nitrogens with zero attached hydrogens (tertiary/aromatic N) is 3. The molecule has 0 amide bonds. The normalized spacial score (nSPS) is 11.9. The van der Waals surface area contributed by atoms with E-state index in [9.17, 15) is 9.59 Å². The van der Waals surface area contributed by atoms with Gasteiger partial charge in [0.05, 0.1) is 13.0 Å². The van der Waals surface area contributed by atoms with Gasteiger partial charge in [-0.3, -0.25) is 14.6 Å². The van der Waals surface area contributed by atoms with Gasteiger partial charge in [0.25, 0.3) is 0 Å². The van der Waals surface area contributed by atoms with E-state index in [1.165, 1.54) is 0 Å². The number of carboxylic acids is 1. The lowest BCUT2D eigenvalue weighted by Gasteiger charge is -2.27. The first-order chi connectivity index (χ1) is 14.4. The minimum Gasteiger partial charge on any atom is -0.481 e. The summed E-state index contributed by atoms with van der Waals surface area (Å²) in [4.78, 5) is 27.9. The highest BCUT2D eigenvalue weighted by molar-refractivity contribution is 5.66. The van der Waals surface area contributed by atoms with Crippen LogP contribution in [-0.2, 0) is 14.3 Å². The van der Waals surface area contributed by atoms with Gasteiger partial charge in [0.1, 0.15) is 6.29 Å². The Morgan fingerprint density at radius 2 is 1.57 bits per heavy atom. The Morgan fingerprint density at radius 3 is 2.10 bits per heavy atom.